The topological polar surface area (TPSA) is 80.4 Å². The Morgan fingerprint density at radius 3 is 2.47 bits per heavy atom. The summed E-state index contributed by atoms with van der Waals surface area (Å²) in [7, 11) is 0. The van der Waals surface area contributed by atoms with Crippen molar-refractivity contribution in [3.05, 3.63) is 52.1 Å². The second-order valence-electron chi connectivity index (χ2n) is 3.62. The van der Waals surface area contributed by atoms with E-state index < -0.39 is 10.9 Å². The maximum Gasteiger partial charge on any atom is 0.307 e. The predicted octanol–water partition coefficient (Wildman–Crippen LogP) is 2.38. The molecule has 0 amide bonds. The number of fused-ring (bicyclic) bond motifs is 1. The van der Waals surface area contributed by atoms with Crippen LogP contribution < -0.4 is 0 Å². The van der Waals surface area contributed by atoms with Crippen molar-refractivity contribution in [1.82, 2.24) is 0 Å². The maximum atomic E-state index is 10.9. The van der Waals surface area contributed by atoms with Gasteiger partial charge in [0.25, 0.3) is 5.69 Å². The van der Waals surface area contributed by atoms with Crippen molar-refractivity contribution >= 4 is 22.4 Å². The smallest absolute Gasteiger partial charge is 0.307 e. The Morgan fingerprint density at radius 2 is 1.88 bits per heavy atom. The fourth-order valence-electron chi connectivity index (χ4n) is 1.86. The summed E-state index contributed by atoms with van der Waals surface area (Å²) in [4.78, 5) is 21.1. The minimum atomic E-state index is -1.00. The van der Waals surface area contributed by atoms with Crippen LogP contribution in [0.4, 0.5) is 5.69 Å². The van der Waals surface area contributed by atoms with Gasteiger partial charge in [-0.3, -0.25) is 14.9 Å². The van der Waals surface area contributed by atoms with Crippen molar-refractivity contribution in [1.29, 1.82) is 0 Å². The van der Waals surface area contributed by atoms with Gasteiger partial charge in [0.2, 0.25) is 0 Å². The number of benzene rings is 2. The van der Waals surface area contributed by atoms with Crippen LogP contribution in [0.15, 0.2) is 36.4 Å². The van der Waals surface area contributed by atoms with Crippen LogP contribution in [0.1, 0.15) is 5.56 Å². The molecule has 0 atom stereocenters. The molecule has 0 radical (unpaired) electrons. The molecule has 0 unspecified atom stereocenters. The van der Waals surface area contributed by atoms with Crippen molar-refractivity contribution in [2.75, 3.05) is 0 Å². The zero-order valence-corrected chi connectivity index (χ0v) is 8.79. The molecule has 5 nitrogen and oxygen atoms in total. The molecule has 1 N–H and O–H groups in total. The number of carboxylic acids is 1. The van der Waals surface area contributed by atoms with Crippen LogP contribution in [-0.4, -0.2) is 16.0 Å². The molecule has 17 heavy (non-hydrogen) atoms. The summed E-state index contributed by atoms with van der Waals surface area (Å²) >= 11 is 0. The molecule has 5 heteroatoms. The molecule has 0 spiro atoms. The molecule has 0 bridgehead atoms. The van der Waals surface area contributed by atoms with Crippen molar-refractivity contribution in [2.24, 2.45) is 0 Å². The highest BCUT2D eigenvalue weighted by Gasteiger charge is 2.15. The summed E-state index contributed by atoms with van der Waals surface area (Å²) in [6.45, 7) is 0. The van der Waals surface area contributed by atoms with Gasteiger partial charge in [0.15, 0.2) is 0 Å². The van der Waals surface area contributed by atoms with E-state index in [0.717, 1.165) is 0 Å². The van der Waals surface area contributed by atoms with Gasteiger partial charge in [0.1, 0.15) is 0 Å². The lowest BCUT2D eigenvalue weighted by molar-refractivity contribution is -0.383. The first-order chi connectivity index (χ1) is 8.09. The number of rotatable bonds is 3. The largest absolute Gasteiger partial charge is 0.481 e. The number of aliphatic carboxylic acids is 1. The van der Waals surface area contributed by atoms with Crippen molar-refractivity contribution in [3.8, 4) is 0 Å². The van der Waals surface area contributed by atoms with Crippen molar-refractivity contribution in [2.45, 2.75) is 6.42 Å². The molecule has 0 aliphatic carbocycles. The minimum absolute atomic E-state index is 0.0562. The molecule has 2 rings (SSSR count). The third-order valence-electron chi connectivity index (χ3n) is 2.51. The highest BCUT2D eigenvalue weighted by Crippen LogP contribution is 2.28. The number of nitro benzene ring substituents is 1. The fraction of sp³-hybridized carbons (Fsp3) is 0.0833. The molecular formula is C12H9NO4. The molecule has 0 fully saturated rings. The molecule has 0 aliphatic heterocycles. The fourth-order valence-corrected chi connectivity index (χ4v) is 1.86. The lowest BCUT2D eigenvalue weighted by atomic mass is 10.0. The second kappa shape index (κ2) is 4.21. The van der Waals surface area contributed by atoms with Gasteiger partial charge in [-0.1, -0.05) is 30.3 Å². The minimum Gasteiger partial charge on any atom is -0.481 e. The van der Waals surface area contributed by atoms with Crippen molar-refractivity contribution < 1.29 is 14.8 Å². The third kappa shape index (κ3) is 2.08. The van der Waals surface area contributed by atoms with Gasteiger partial charge >= 0.3 is 5.97 Å². The first kappa shape index (κ1) is 11.1. The van der Waals surface area contributed by atoms with Crippen LogP contribution in [0.25, 0.3) is 10.8 Å². The van der Waals surface area contributed by atoms with Crippen LogP contribution in [0.5, 0.6) is 0 Å². The summed E-state index contributed by atoms with van der Waals surface area (Å²) in [6.07, 6.45) is -0.220. The van der Waals surface area contributed by atoms with E-state index in [1.54, 1.807) is 30.3 Å². The molecule has 2 aromatic rings. The zero-order chi connectivity index (χ0) is 12.4. The first-order valence-electron chi connectivity index (χ1n) is 4.96. The Hall–Kier alpha value is -2.43. The number of hydrogen-bond acceptors (Lipinski definition) is 3. The lowest BCUT2D eigenvalue weighted by Crippen LogP contribution is -2.02. The molecule has 2 aromatic carbocycles. The van der Waals surface area contributed by atoms with Crippen LogP contribution in [0.2, 0.25) is 0 Å². The Labute approximate surface area is 96.5 Å². The van der Waals surface area contributed by atoms with Gasteiger partial charge in [-0.05, 0) is 10.9 Å². The molecule has 0 saturated carbocycles. The van der Waals surface area contributed by atoms with E-state index in [1.807, 2.05) is 0 Å². The Bertz CT molecular complexity index is 601. The molecule has 0 heterocycles. The summed E-state index contributed by atoms with van der Waals surface area (Å²) in [5.74, 6) is -1.00. The average Bonchev–Trinajstić information content (AvgIpc) is 2.27. The molecule has 0 aliphatic rings. The molecule has 86 valence electrons. The Balaban J connectivity index is 2.75. The number of carboxylic acid groups (broad SMARTS) is 1. The van der Waals surface area contributed by atoms with Crippen LogP contribution in [-0.2, 0) is 11.2 Å². The van der Waals surface area contributed by atoms with Gasteiger partial charge in [0, 0.05) is 6.07 Å². The van der Waals surface area contributed by atoms with E-state index >= 15 is 0 Å². The zero-order valence-electron chi connectivity index (χ0n) is 8.79. The molecule has 0 aromatic heterocycles. The molecular weight excluding hydrogens is 222 g/mol. The van der Waals surface area contributed by atoms with E-state index in [4.69, 9.17) is 5.11 Å². The maximum absolute atomic E-state index is 10.9. The average molecular weight is 231 g/mol. The van der Waals surface area contributed by atoms with Gasteiger partial charge in [-0.15, -0.1) is 0 Å². The normalized spacial score (nSPS) is 10.4. The summed E-state index contributed by atoms with van der Waals surface area (Å²) in [5.41, 5.74) is 0.404. The Kier molecular flexibility index (Phi) is 2.74. The second-order valence-corrected chi connectivity index (χ2v) is 3.62. The lowest BCUT2D eigenvalue weighted by Gasteiger charge is -2.04. The molecule has 0 saturated heterocycles. The van der Waals surface area contributed by atoms with E-state index in [1.165, 1.54) is 6.07 Å². The van der Waals surface area contributed by atoms with Gasteiger partial charge in [-0.2, -0.15) is 0 Å². The highest BCUT2D eigenvalue weighted by atomic mass is 16.6. The number of nitro groups is 1. The van der Waals surface area contributed by atoms with Crippen LogP contribution >= 0.6 is 0 Å². The standard InChI is InChI=1S/C12H9NO4/c14-11(15)7-9-5-1-3-8-4-2-6-10(12(8)9)13(16)17/h1-6H,7H2,(H,14,15). The quantitative estimate of drug-likeness (QED) is 0.649. The SMILES string of the molecule is O=C(O)Cc1cccc2cccc([N+](=O)[O-])c12. The van der Waals surface area contributed by atoms with E-state index in [9.17, 15) is 14.9 Å². The third-order valence-corrected chi connectivity index (χ3v) is 2.51. The first-order valence-corrected chi connectivity index (χ1v) is 4.96. The summed E-state index contributed by atoms with van der Waals surface area (Å²) in [5, 5.41) is 20.8. The number of carbonyl (C=O) groups is 1. The summed E-state index contributed by atoms with van der Waals surface area (Å²) in [6, 6.07) is 9.73. The monoisotopic (exact) mass is 231 g/mol. The summed E-state index contributed by atoms with van der Waals surface area (Å²) < 4.78 is 0. The predicted molar refractivity (Wildman–Crippen MR) is 61.9 cm³/mol. The number of nitrogens with zero attached hydrogens (tertiary/aromatic N) is 1. The van der Waals surface area contributed by atoms with Gasteiger partial charge < -0.3 is 5.11 Å². The van der Waals surface area contributed by atoms with E-state index in [0.29, 0.717) is 16.3 Å². The van der Waals surface area contributed by atoms with E-state index in [-0.39, 0.29) is 12.1 Å². The Morgan fingerprint density at radius 1 is 1.24 bits per heavy atom. The van der Waals surface area contributed by atoms with Crippen LogP contribution in [0.3, 0.4) is 0 Å². The van der Waals surface area contributed by atoms with Gasteiger partial charge in [0.05, 0.1) is 16.7 Å². The van der Waals surface area contributed by atoms with Crippen molar-refractivity contribution in [3.63, 3.8) is 0 Å². The number of non-ortho nitro benzene ring substituents is 1. The van der Waals surface area contributed by atoms with Gasteiger partial charge in [-0.25, -0.2) is 0 Å². The van der Waals surface area contributed by atoms with E-state index in [2.05, 4.69) is 0 Å². The number of hydrogen-bond donors (Lipinski definition) is 1. The highest BCUT2D eigenvalue weighted by molar-refractivity contribution is 5.95. The van der Waals surface area contributed by atoms with Crippen LogP contribution in [0, 0.1) is 10.1 Å².